The smallest absolute Gasteiger partial charge is 0.337 e. The molecule has 0 aliphatic rings. The highest BCUT2D eigenvalue weighted by Crippen LogP contribution is 2.04. The molecule has 0 radical (unpaired) electrons. The molecule has 1 N–H and O–H groups in total. The molecule has 82 valence electrons. The summed E-state index contributed by atoms with van der Waals surface area (Å²) < 4.78 is 9.67. The zero-order valence-corrected chi connectivity index (χ0v) is 8.55. The monoisotopic (exact) mass is 210 g/mol. The number of carbonyl (C=O) groups excluding carboxylic acids is 1. The Morgan fingerprint density at radius 2 is 2.07 bits per heavy atom. The molecule has 0 unspecified atom stereocenters. The van der Waals surface area contributed by atoms with Gasteiger partial charge in [-0.1, -0.05) is 30.3 Å². The predicted octanol–water partition coefficient (Wildman–Crippen LogP) is 0.737. The number of benzene rings is 1. The lowest BCUT2D eigenvalue weighted by molar-refractivity contribution is -0.157. The second-order valence-corrected chi connectivity index (χ2v) is 2.99. The first-order valence-electron chi connectivity index (χ1n) is 4.62. The molecule has 0 spiro atoms. The minimum Gasteiger partial charge on any atom is -0.467 e. The quantitative estimate of drug-likeness (QED) is 0.728. The van der Waals surface area contributed by atoms with Crippen LogP contribution < -0.4 is 0 Å². The molecular weight excluding hydrogens is 196 g/mol. The van der Waals surface area contributed by atoms with E-state index in [2.05, 4.69) is 4.74 Å². The van der Waals surface area contributed by atoms with Crippen LogP contribution in [0.4, 0.5) is 0 Å². The standard InChI is InChI=1S/C11H14O4/c1-14-11(13)10(7-12)15-8-9-5-3-2-4-6-9/h2-6,10,12H,7-8H2,1H3/t10-/m0/s1. The zero-order chi connectivity index (χ0) is 11.1. The second kappa shape index (κ2) is 6.16. The third-order valence-corrected chi connectivity index (χ3v) is 1.92. The van der Waals surface area contributed by atoms with E-state index in [0.717, 1.165) is 5.56 Å². The summed E-state index contributed by atoms with van der Waals surface area (Å²) in [5.74, 6) is -0.562. The molecule has 1 atom stereocenters. The van der Waals surface area contributed by atoms with Crippen molar-refractivity contribution in [2.24, 2.45) is 0 Å². The Kier molecular flexibility index (Phi) is 4.80. The first-order valence-corrected chi connectivity index (χ1v) is 4.62. The van der Waals surface area contributed by atoms with Crippen molar-refractivity contribution in [2.75, 3.05) is 13.7 Å². The molecule has 0 amide bonds. The Labute approximate surface area is 88.4 Å². The van der Waals surface area contributed by atoms with Gasteiger partial charge in [0.05, 0.1) is 20.3 Å². The molecule has 1 aromatic rings. The van der Waals surface area contributed by atoms with E-state index in [-0.39, 0.29) is 13.2 Å². The average Bonchev–Trinajstić information content (AvgIpc) is 2.31. The number of aliphatic hydroxyl groups excluding tert-OH is 1. The number of esters is 1. The largest absolute Gasteiger partial charge is 0.467 e. The maximum Gasteiger partial charge on any atom is 0.337 e. The molecule has 0 aromatic heterocycles. The number of carbonyl (C=O) groups is 1. The van der Waals surface area contributed by atoms with E-state index in [1.807, 2.05) is 30.3 Å². The fraction of sp³-hybridized carbons (Fsp3) is 0.364. The third-order valence-electron chi connectivity index (χ3n) is 1.92. The van der Waals surface area contributed by atoms with Crippen molar-refractivity contribution in [1.82, 2.24) is 0 Å². The van der Waals surface area contributed by atoms with Gasteiger partial charge in [-0.15, -0.1) is 0 Å². The highest BCUT2D eigenvalue weighted by molar-refractivity contribution is 5.74. The van der Waals surface area contributed by atoms with Gasteiger partial charge in [0.1, 0.15) is 0 Å². The molecule has 0 heterocycles. The Balaban J connectivity index is 2.44. The van der Waals surface area contributed by atoms with Crippen molar-refractivity contribution in [1.29, 1.82) is 0 Å². The van der Waals surface area contributed by atoms with Crippen molar-refractivity contribution >= 4 is 5.97 Å². The number of ether oxygens (including phenoxy) is 2. The van der Waals surface area contributed by atoms with Crippen LogP contribution in [0.3, 0.4) is 0 Å². The lowest BCUT2D eigenvalue weighted by Gasteiger charge is -2.12. The average molecular weight is 210 g/mol. The van der Waals surface area contributed by atoms with Gasteiger partial charge in [0.25, 0.3) is 0 Å². The maximum atomic E-state index is 11.1. The van der Waals surface area contributed by atoms with E-state index in [4.69, 9.17) is 9.84 Å². The summed E-state index contributed by atoms with van der Waals surface area (Å²) in [5, 5.41) is 8.88. The molecule has 0 bridgehead atoms. The molecule has 0 saturated carbocycles. The SMILES string of the molecule is COC(=O)[C@H](CO)OCc1ccccc1. The van der Waals surface area contributed by atoms with Crippen LogP contribution in [0.2, 0.25) is 0 Å². The highest BCUT2D eigenvalue weighted by atomic mass is 16.6. The number of hydrogen-bond acceptors (Lipinski definition) is 4. The Hall–Kier alpha value is -1.39. The fourth-order valence-electron chi connectivity index (χ4n) is 1.10. The molecule has 1 rings (SSSR count). The minimum absolute atomic E-state index is 0.279. The van der Waals surface area contributed by atoms with Gasteiger partial charge >= 0.3 is 5.97 Å². The van der Waals surface area contributed by atoms with Gasteiger partial charge in [0.15, 0.2) is 6.10 Å². The number of hydrogen-bond donors (Lipinski definition) is 1. The van der Waals surface area contributed by atoms with Gasteiger partial charge in [0.2, 0.25) is 0 Å². The summed E-state index contributed by atoms with van der Waals surface area (Å²) in [6, 6.07) is 9.42. The Morgan fingerprint density at radius 3 is 2.60 bits per heavy atom. The highest BCUT2D eigenvalue weighted by Gasteiger charge is 2.18. The molecule has 15 heavy (non-hydrogen) atoms. The molecule has 4 nitrogen and oxygen atoms in total. The predicted molar refractivity (Wildman–Crippen MR) is 54.1 cm³/mol. The van der Waals surface area contributed by atoms with Crippen LogP contribution in [0.1, 0.15) is 5.56 Å². The minimum atomic E-state index is -0.907. The number of rotatable bonds is 5. The van der Waals surface area contributed by atoms with Crippen molar-refractivity contribution in [3.63, 3.8) is 0 Å². The van der Waals surface area contributed by atoms with Crippen LogP contribution in [0.25, 0.3) is 0 Å². The molecule has 0 saturated heterocycles. The number of methoxy groups -OCH3 is 1. The van der Waals surface area contributed by atoms with E-state index in [1.54, 1.807) is 0 Å². The third kappa shape index (κ3) is 3.69. The van der Waals surface area contributed by atoms with Crippen LogP contribution in [-0.4, -0.2) is 30.9 Å². The second-order valence-electron chi connectivity index (χ2n) is 2.99. The summed E-state index contributed by atoms with van der Waals surface area (Å²) in [5.41, 5.74) is 0.944. The lowest BCUT2D eigenvalue weighted by atomic mass is 10.2. The zero-order valence-electron chi connectivity index (χ0n) is 8.55. The molecule has 0 aliphatic carbocycles. The normalized spacial score (nSPS) is 12.1. The molecule has 0 fully saturated rings. The summed E-state index contributed by atoms with van der Waals surface area (Å²) in [7, 11) is 1.26. The topological polar surface area (TPSA) is 55.8 Å². The van der Waals surface area contributed by atoms with Crippen LogP contribution >= 0.6 is 0 Å². The Morgan fingerprint density at radius 1 is 1.40 bits per heavy atom. The van der Waals surface area contributed by atoms with E-state index < -0.39 is 12.1 Å². The molecule has 4 heteroatoms. The van der Waals surface area contributed by atoms with Gasteiger partial charge in [0, 0.05) is 0 Å². The summed E-state index contributed by atoms with van der Waals surface area (Å²) >= 11 is 0. The van der Waals surface area contributed by atoms with Crippen molar-refractivity contribution in [3.05, 3.63) is 35.9 Å². The van der Waals surface area contributed by atoms with Gasteiger partial charge in [-0.3, -0.25) is 0 Å². The van der Waals surface area contributed by atoms with Crippen LogP contribution in [0.5, 0.6) is 0 Å². The van der Waals surface area contributed by atoms with E-state index in [1.165, 1.54) is 7.11 Å². The lowest BCUT2D eigenvalue weighted by Crippen LogP contribution is -2.29. The molecule has 1 aromatic carbocycles. The summed E-state index contributed by atoms with van der Waals surface area (Å²) in [6.45, 7) is -0.0966. The van der Waals surface area contributed by atoms with Crippen molar-refractivity contribution in [3.8, 4) is 0 Å². The van der Waals surface area contributed by atoms with E-state index >= 15 is 0 Å². The van der Waals surface area contributed by atoms with Gasteiger partial charge in [-0.2, -0.15) is 0 Å². The summed E-state index contributed by atoms with van der Waals surface area (Å²) in [4.78, 5) is 11.1. The number of aliphatic hydroxyl groups is 1. The summed E-state index contributed by atoms with van der Waals surface area (Å²) in [6.07, 6.45) is -0.907. The van der Waals surface area contributed by atoms with Crippen LogP contribution in [0, 0.1) is 0 Å². The van der Waals surface area contributed by atoms with Crippen LogP contribution in [0.15, 0.2) is 30.3 Å². The van der Waals surface area contributed by atoms with Crippen LogP contribution in [-0.2, 0) is 20.9 Å². The van der Waals surface area contributed by atoms with E-state index in [0.29, 0.717) is 0 Å². The first kappa shape index (κ1) is 11.7. The molecule has 0 aliphatic heterocycles. The van der Waals surface area contributed by atoms with Crippen molar-refractivity contribution < 1.29 is 19.4 Å². The fourth-order valence-corrected chi connectivity index (χ4v) is 1.10. The maximum absolute atomic E-state index is 11.1. The molecular formula is C11H14O4. The van der Waals surface area contributed by atoms with Gasteiger partial charge in [-0.05, 0) is 5.56 Å². The first-order chi connectivity index (χ1) is 7.27. The van der Waals surface area contributed by atoms with Crippen molar-refractivity contribution in [2.45, 2.75) is 12.7 Å². The van der Waals surface area contributed by atoms with Gasteiger partial charge in [-0.25, -0.2) is 4.79 Å². The van der Waals surface area contributed by atoms with Gasteiger partial charge < -0.3 is 14.6 Å². The Bertz CT molecular complexity index is 297. The van der Waals surface area contributed by atoms with E-state index in [9.17, 15) is 4.79 Å².